The monoisotopic (exact) mass is 307 g/mol. The molecule has 7 heteroatoms. The second kappa shape index (κ2) is 8.11. The largest absolute Gasteiger partial charge is 0.347 e. The molecule has 7 nitrogen and oxygen atoms in total. The third-order valence-corrected chi connectivity index (χ3v) is 3.20. The smallest absolute Gasteiger partial charge is 0.273 e. The highest BCUT2D eigenvalue weighted by atomic mass is 16.6. The molecule has 0 bridgehead atoms. The number of carbonyl (C=O) groups excluding carboxylic acids is 2. The number of carbonyl (C=O) groups is 2. The van der Waals surface area contributed by atoms with Crippen LogP contribution in [0.4, 0.5) is 5.69 Å². The average molecular weight is 307 g/mol. The fourth-order valence-corrected chi connectivity index (χ4v) is 1.98. The molecular formula is C15H21N3O4. The minimum absolute atomic E-state index is 0.0136. The van der Waals surface area contributed by atoms with Crippen LogP contribution in [-0.4, -0.2) is 53.7 Å². The van der Waals surface area contributed by atoms with Gasteiger partial charge < -0.3 is 9.80 Å². The normalized spacial score (nSPS) is 10.1. The quantitative estimate of drug-likeness (QED) is 0.564. The van der Waals surface area contributed by atoms with Crippen LogP contribution in [0, 0.1) is 10.1 Å². The predicted octanol–water partition coefficient (Wildman–Crippen LogP) is 1.46. The topological polar surface area (TPSA) is 83.8 Å². The molecule has 0 aromatic heterocycles. The van der Waals surface area contributed by atoms with Gasteiger partial charge in [0.25, 0.3) is 5.69 Å². The lowest BCUT2D eigenvalue weighted by molar-refractivity contribution is -0.385. The third-order valence-electron chi connectivity index (χ3n) is 3.20. The number of para-hydroxylation sites is 1. The maximum Gasteiger partial charge on any atom is 0.273 e. The number of nitro groups is 1. The first-order valence-corrected chi connectivity index (χ1v) is 7.07. The van der Waals surface area contributed by atoms with Crippen molar-refractivity contribution in [3.05, 3.63) is 39.9 Å². The van der Waals surface area contributed by atoms with Gasteiger partial charge in [-0.2, -0.15) is 0 Å². The van der Waals surface area contributed by atoms with E-state index in [-0.39, 0.29) is 30.5 Å². The fraction of sp³-hybridized carbons (Fsp3) is 0.467. The van der Waals surface area contributed by atoms with Crippen molar-refractivity contribution in [2.75, 3.05) is 27.2 Å². The molecule has 120 valence electrons. The van der Waals surface area contributed by atoms with Crippen LogP contribution in [0.5, 0.6) is 0 Å². The molecule has 0 N–H and O–H groups in total. The summed E-state index contributed by atoms with van der Waals surface area (Å²) in [5, 5.41) is 11.0. The zero-order valence-corrected chi connectivity index (χ0v) is 13.1. The van der Waals surface area contributed by atoms with E-state index in [0.29, 0.717) is 18.5 Å². The van der Waals surface area contributed by atoms with Gasteiger partial charge >= 0.3 is 0 Å². The summed E-state index contributed by atoms with van der Waals surface area (Å²) in [7, 11) is 3.25. The van der Waals surface area contributed by atoms with Crippen molar-refractivity contribution in [3.63, 3.8) is 0 Å². The fourth-order valence-electron chi connectivity index (χ4n) is 1.98. The Morgan fingerprint density at radius 1 is 1.18 bits per heavy atom. The SMILES string of the molecule is CCCN(CC(=O)N(C)C)C(=O)Cc1ccccc1[N+](=O)[O-]. The molecule has 0 spiro atoms. The van der Waals surface area contributed by atoms with Crippen LogP contribution in [0.15, 0.2) is 24.3 Å². The Balaban J connectivity index is 2.88. The highest BCUT2D eigenvalue weighted by Gasteiger charge is 2.21. The van der Waals surface area contributed by atoms with Crippen LogP contribution >= 0.6 is 0 Å². The number of amides is 2. The van der Waals surface area contributed by atoms with Crippen LogP contribution < -0.4 is 0 Å². The molecule has 0 atom stereocenters. The molecule has 2 amide bonds. The first kappa shape index (κ1) is 17.6. The van der Waals surface area contributed by atoms with Gasteiger partial charge in [0.1, 0.15) is 0 Å². The Hall–Kier alpha value is -2.44. The molecule has 0 aliphatic carbocycles. The van der Waals surface area contributed by atoms with Crippen molar-refractivity contribution in [1.82, 2.24) is 9.80 Å². The maximum atomic E-state index is 12.4. The number of hydrogen-bond acceptors (Lipinski definition) is 4. The number of nitrogens with zero attached hydrogens (tertiary/aromatic N) is 3. The van der Waals surface area contributed by atoms with Crippen molar-refractivity contribution >= 4 is 17.5 Å². The average Bonchev–Trinajstić information content (AvgIpc) is 2.46. The van der Waals surface area contributed by atoms with E-state index in [9.17, 15) is 19.7 Å². The van der Waals surface area contributed by atoms with E-state index in [4.69, 9.17) is 0 Å². The molecule has 0 aliphatic rings. The van der Waals surface area contributed by atoms with E-state index in [0.717, 1.165) is 0 Å². The molecule has 22 heavy (non-hydrogen) atoms. The molecule has 0 heterocycles. The van der Waals surface area contributed by atoms with E-state index in [1.807, 2.05) is 6.92 Å². The van der Waals surface area contributed by atoms with Crippen molar-refractivity contribution in [3.8, 4) is 0 Å². The Morgan fingerprint density at radius 2 is 1.82 bits per heavy atom. The lowest BCUT2D eigenvalue weighted by Crippen LogP contribution is -2.41. The van der Waals surface area contributed by atoms with Crippen molar-refractivity contribution in [2.24, 2.45) is 0 Å². The van der Waals surface area contributed by atoms with Crippen molar-refractivity contribution in [1.29, 1.82) is 0 Å². The predicted molar refractivity (Wildman–Crippen MR) is 82.4 cm³/mol. The van der Waals surface area contributed by atoms with Crippen LogP contribution in [0.3, 0.4) is 0 Å². The minimum atomic E-state index is -0.502. The number of benzene rings is 1. The van der Waals surface area contributed by atoms with E-state index in [1.54, 1.807) is 32.3 Å². The number of rotatable bonds is 7. The van der Waals surface area contributed by atoms with Gasteiger partial charge in [-0.3, -0.25) is 19.7 Å². The summed E-state index contributed by atoms with van der Waals surface area (Å²) in [5.41, 5.74) is 0.280. The molecular weight excluding hydrogens is 286 g/mol. The van der Waals surface area contributed by atoms with Crippen LogP contribution in [0.2, 0.25) is 0 Å². The molecule has 0 saturated carbocycles. The van der Waals surface area contributed by atoms with E-state index >= 15 is 0 Å². The Kier molecular flexibility index (Phi) is 6.49. The first-order chi connectivity index (χ1) is 10.4. The van der Waals surface area contributed by atoms with Gasteiger partial charge in [0, 0.05) is 32.3 Å². The molecule has 0 radical (unpaired) electrons. The lowest BCUT2D eigenvalue weighted by atomic mass is 10.1. The summed E-state index contributed by atoms with van der Waals surface area (Å²) in [5.74, 6) is -0.462. The highest BCUT2D eigenvalue weighted by Crippen LogP contribution is 2.18. The van der Waals surface area contributed by atoms with Crippen LogP contribution in [0.1, 0.15) is 18.9 Å². The Morgan fingerprint density at radius 3 is 2.36 bits per heavy atom. The van der Waals surface area contributed by atoms with Gasteiger partial charge in [-0.25, -0.2) is 0 Å². The van der Waals surface area contributed by atoms with E-state index in [1.165, 1.54) is 15.9 Å². The lowest BCUT2D eigenvalue weighted by Gasteiger charge is -2.23. The summed E-state index contributed by atoms with van der Waals surface area (Å²) in [6.45, 7) is 2.34. The molecule has 0 unspecified atom stereocenters. The van der Waals surface area contributed by atoms with Gasteiger partial charge in [-0.05, 0) is 6.42 Å². The van der Waals surface area contributed by atoms with Crippen molar-refractivity contribution < 1.29 is 14.5 Å². The highest BCUT2D eigenvalue weighted by molar-refractivity contribution is 5.86. The Labute approximate surface area is 129 Å². The van der Waals surface area contributed by atoms with Crippen molar-refractivity contribution in [2.45, 2.75) is 19.8 Å². The molecule has 1 rings (SSSR count). The number of hydrogen-bond donors (Lipinski definition) is 0. The third kappa shape index (κ3) is 4.83. The molecule has 0 aliphatic heterocycles. The second-order valence-corrected chi connectivity index (χ2v) is 5.17. The summed E-state index contributed by atoms with van der Waals surface area (Å²) < 4.78 is 0. The van der Waals surface area contributed by atoms with Gasteiger partial charge in [0.15, 0.2) is 0 Å². The molecule has 0 saturated heterocycles. The zero-order valence-electron chi connectivity index (χ0n) is 13.1. The van der Waals surface area contributed by atoms with Gasteiger partial charge in [-0.15, -0.1) is 0 Å². The molecule has 0 fully saturated rings. The number of likely N-dealkylation sites (N-methyl/N-ethyl adjacent to an activating group) is 1. The molecule has 1 aromatic rings. The summed E-state index contributed by atoms with van der Waals surface area (Å²) in [6, 6.07) is 6.15. The van der Waals surface area contributed by atoms with Gasteiger partial charge in [-0.1, -0.05) is 25.1 Å². The summed E-state index contributed by atoms with van der Waals surface area (Å²) in [6.07, 6.45) is 0.626. The van der Waals surface area contributed by atoms with E-state index in [2.05, 4.69) is 0 Å². The summed E-state index contributed by atoms with van der Waals surface area (Å²) in [4.78, 5) is 37.5. The summed E-state index contributed by atoms with van der Waals surface area (Å²) >= 11 is 0. The van der Waals surface area contributed by atoms with Gasteiger partial charge in [0.2, 0.25) is 11.8 Å². The Bertz CT molecular complexity index is 557. The van der Waals surface area contributed by atoms with Gasteiger partial charge in [0.05, 0.1) is 17.9 Å². The zero-order chi connectivity index (χ0) is 16.7. The van der Waals surface area contributed by atoms with E-state index < -0.39 is 4.92 Å². The first-order valence-electron chi connectivity index (χ1n) is 7.07. The minimum Gasteiger partial charge on any atom is -0.347 e. The van der Waals surface area contributed by atoms with Crippen LogP contribution in [0.25, 0.3) is 0 Å². The molecule has 1 aromatic carbocycles. The number of nitro benzene ring substituents is 1. The standard InChI is InChI=1S/C15H21N3O4/c1-4-9-17(11-15(20)16(2)3)14(19)10-12-7-5-6-8-13(12)18(21)22/h5-8H,4,9-11H2,1-3H3. The maximum absolute atomic E-state index is 12.4. The second-order valence-electron chi connectivity index (χ2n) is 5.17. The van der Waals surface area contributed by atoms with Crippen LogP contribution in [-0.2, 0) is 16.0 Å².